The molecule has 0 N–H and O–H groups in total. The van der Waals surface area contributed by atoms with E-state index in [1.807, 2.05) is 10.9 Å². The van der Waals surface area contributed by atoms with Crippen molar-refractivity contribution in [2.45, 2.75) is 18.9 Å². The topological polar surface area (TPSA) is 51.0 Å². The van der Waals surface area contributed by atoms with Crippen molar-refractivity contribution in [1.82, 2.24) is 19.9 Å². The molecular weight excluding hydrogens is 295 g/mol. The van der Waals surface area contributed by atoms with Crippen LogP contribution in [0.4, 0.5) is 4.39 Å². The highest BCUT2D eigenvalue weighted by molar-refractivity contribution is 6.33. The predicted molar refractivity (Wildman–Crippen MR) is 75.6 cm³/mol. The molecule has 2 heterocycles. The summed E-state index contributed by atoms with van der Waals surface area (Å²) in [5, 5.41) is 7.94. The van der Waals surface area contributed by atoms with Crippen LogP contribution in [-0.4, -0.2) is 38.9 Å². The first kappa shape index (κ1) is 14.0. The average Bonchev–Trinajstić information content (AvgIpc) is 3.01. The van der Waals surface area contributed by atoms with Gasteiger partial charge in [-0.1, -0.05) is 16.8 Å². The molecule has 1 amide bonds. The number of carbonyl (C=O) groups excluding carboxylic acids is 1. The number of carbonyl (C=O) groups is 1. The molecule has 5 nitrogen and oxygen atoms in total. The molecule has 1 aliphatic heterocycles. The Balaban J connectivity index is 1.67. The first-order valence-electron chi connectivity index (χ1n) is 6.75. The van der Waals surface area contributed by atoms with E-state index in [9.17, 15) is 9.18 Å². The van der Waals surface area contributed by atoms with Gasteiger partial charge in [0.05, 0.1) is 22.8 Å². The Kier molecular flexibility index (Phi) is 3.88. The number of benzene rings is 1. The van der Waals surface area contributed by atoms with E-state index in [2.05, 4.69) is 10.3 Å². The summed E-state index contributed by atoms with van der Waals surface area (Å²) in [7, 11) is 0. The van der Waals surface area contributed by atoms with Crippen molar-refractivity contribution in [3.05, 3.63) is 47.0 Å². The molecule has 1 fully saturated rings. The third kappa shape index (κ3) is 2.90. The van der Waals surface area contributed by atoms with E-state index in [-0.39, 0.29) is 17.0 Å². The van der Waals surface area contributed by atoms with Gasteiger partial charge in [-0.05, 0) is 31.0 Å². The van der Waals surface area contributed by atoms with Gasteiger partial charge in [-0.2, -0.15) is 0 Å². The largest absolute Gasteiger partial charge is 0.338 e. The van der Waals surface area contributed by atoms with Gasteiger partial charge in [0.1, 0.15) is 5.82 Å². The van der Waals surface area contributed by atoms with Gasteiger partial charge in [0.15, 0.2) is 0 Å². The lowest BCUT2D eigenvalue weighted by Gasteiger charge is -2.32. The summed E-state index contributed by atoms with van der Waals surface area (Å²) in [6, 6.07) is 4.11. The van der Waals surface area contributed by atoms with E-state index < -0.39 is 5.82 Å². The summed E-state index contributed by atoms with van der Waals surface area (Å²) in [6.07, 6.45) is 5.11. The minimum atomic E-state index is -0.443. The van der Waals surface area contributed by atoms with E-state index in [0.717, 1.165) is 18.9 Å². The van der Waals surface area contributed by atoms with Gasteiger partial charge in [-0.3, -0.25) is 4.79 Å². The molecule has 0 atom stereocenters. The van der Waals surface area contributed by atoms with Crippen LogP contribution < -0.4 is 0 Å². The molecule has 0 unspecified atom stereocenters. The first-order chi connectivity index (χ1) is 10.1. The minimum Gasteiger partial charge on any atom is -0.338 e. The molecule has 1 saturated heterocycles. The van der Waals surface area contributed by atoms with Crippen molar-refractivity contribution in [1.29, 1.82) is 0 Å². The number of aromatic nitrogens is 3. The second-order valence-electron chi connectivity index (χ2n) is 5.03. The van der Waals surface area contributed by atoms with Gasteiger partial charge in [-0.25, -0.2) is 9.07 Å². The predicted octanol–water partition coefficient (Wildman–Crippen LogP) is 2.55. The molecule has 0 spiro atoms. The van der Waals surface area contributed by atoms with Crippen LogP contribution in [0.3, 0.4) is 0 Å². The zero-order chi connectivity index (χ0) is 14.8. The van der Waals surface area contributed by atoms with Crippen LogP contribution >= 0.6 is 11.6 Å². The van der Waals surface area contributed by atoms with Crippen molar-refractivity contribution in [3.8, 4) is 0 Å². The molecule has 0 saturated carbocycles. The van der Waals surface area contributed by atoms with Crippen LogP contribution in [0, 0.1) is 5.82 Å². The van der Waals surface area contributed by atoms with Crippen LogP contribution in [0.25, 0.3) is 0 Å². The number of halogens is 2. The molecule has 1 aromatic carbocycles. The number of piperidine rings is 1. The second-order valence-corrected chi connectivity index (χ2v) is 5.44. The highest BCUT2D eigenvalue weighted by Gasteiger charge is 2.26. The number of nitrogens with zero attached hydrogens (tertiary/aromatic N) is 4. The Bertz CT molecular complexity index is 638. The van der Waals surface area contributed by atoms with E-state index in [1.165, 1.54) is 12.1 Å². The number of rotatable bonds is 2. The van der Waals surface area contributed by atoms with Gasteiger partial charge < -0.3 is 4.90 Å². The Morgan fingerprint density at radius 2 is 2.10 bits per heavy atom. The van der Waals surface area contributed by atoms with Crippen LogP contribution in [-0.2, 0) is 0 Å². The molecule has 1 aromatic heterocycles. The summed E-state index contributed by atoms with van der Waals surface area (Å²) < 4.78 is 14.9. The second kappa shape index (κ2) is 5.81. The summed E-state index contributed by atoms with van der Waals surface area (Å²) in [5.41, 5.74) is 0.345. The Hall–Kier alpha value is -1.95. The minimum absolute atomic E-state index is 0.151. The lowest BCUT2D eigenvalue weighted by Crippen LogP contribution is -2.39. The number of amides is 1. The van der Waals surface area contributed by atoms with Crippen molar-refractivity contribution < 1.29 is 9.18 Å². The van der Waals surface area contributed by atoms with Gasteiger partial charge >= 0.3 is 0 Å². The van der Waals surface area contributed by atoms with Crippen molar-refractivity contribution in [2.24, 2.45) is 0 Å². The summed E-state index contributed by atoms with van der Waals surface area (Å²) >= 11 is 5.94. The maximum Gasteiger partial charge on any atom is 0.255 e. The molecule has 0 aliphatic carbocycles. The number of hydrogen-bond donors (Lipinski definition) is 0. The maximum absolute atomic E-state index is 13.0. The normalized spacial score (nSPS) is 16.2. The van der Waals surface area contributed by atoms with Crippen LogP contribution in [0.5, 0.6) is 0 Å². The quantitative estimate of drug-likeness (QED) is 0.856. The Labute approximate surface area is 126 Å². The maximum atomic E-state index is 13.0. The SMILES string of the molecule is O=C(c1ccc(F)cc1Cl)N1CCC(n2ccnn2)CC1. The van der Waals surface area contributed by atoms with E-state index in [4.69, 9.17) is 11.6 Å². The smallest absolute Gasteiger partial charge is 0.255 e. The van der Waals surface area contributed by atoms with Gasteiger partial charge in [-0.15, -0.1) is 5.10 Å². The lowest BCUT2D eigenvalue weighted by molar-refractivity contribution is 0.0689. The van der Waals surface area contributed by atoms with Crippen LogP contribution in [0.2, 0.25) is 5.02 Å². The highest BCUT2D eigenvalue weighted by atomic mass is 35.5. The lowest BCUT2D eigenvalue weighted by atomic mass is 10.0. The number of likely N-dealkylation sites (tertiary alicyclic amines) is 1. The van der Waals surface area contributed by atoms with Gasteiger partial charge in [0, 0.05) is 19.3 Å². The zero-order valence-corrected chi connectivity index (χ0v) is 12.0. The monoisotopic (exact) mass is 308 g/mol. The van der Waals surface area contributed by atoms with E-state index in [0.29, 0.717) is 18.7 Å². The van der Waals surface area contributed by atoms with Gasteiger partial charge in [0.25, 0.3) is 5.91 Å². The average molecular weight is 309 g/mol. The van der Waals surface area contributed by atoms with Crippen molar-refractivity contribution in [3.63, 3.8) is 0 Å². The van der Waals surface area contributed by atoms with E-state index >= 15 is 0 Å². The third-order valence-electron chi connectivity index (χ3n) is 3.73. The molecule has 0 radical (unpaired) electrons. The van der Waals surface area contributed by atoms with Crippen molar-refractivity contribution >= 4 is 17.5 Å². The fourth-order valence-corrected chi connectivity index (χ4v) is 2.83. The van der Waals surface area contributed by atoms with Crippen molar-refractivity contribution in [2.75, 3.05) is 13.1 Å². The fraction of sp³-hybridized carbons (Fsp3) is 0.357. The molecule has 0 bridgehead atoms. The molecule has 3 rings (SSSR count). The standard InChI is InChI=1S/C14H14ClFN4O/c15-13-9-10(16)1-2-12(13)14(21)19-6-3-11(4-7-19)20-8-5-17-18-20/h1-2,5,8-9,11H,3-4,6-7H2. The summed E-state index contributed by atoms with van der Waals surface area (Å²) in [4.78, 5) is 14.2. The van der Waals surface area contributed by atoms with Gasteiger partial charge in [0.2, 0.25) is 0 Å². The summed E-state index contributed by atoms with van der Waals surface area (Å²) in [6.45, 7) is 1.24. The molecule has 110 valence electrons. The molecule has 2 aromatic rings. The Morgan fingerprint density at radius 1 is 1.33 bits per heavy atom. The summed E-state index contributed by atoms with van der Waals surface area (Å²) in [5.74, 6) is -0.599. The van der Waals surface area contributed by atoms with Crippen LogP contribution in [0.1, 0.15) is 29.2 Å². The third-order valence-corrected chi connectivity index (χ3v) is 4.04. The number of hydrogen-bond acceptors (Lipinski definition) is 3. The fourth-order valence-electron chi connectivity index (χ4n) is 2.58. The molecule has 7 heteroatoms. The Morgan fingerprint density at radius 3 is 2.71 bits per heavy atom. The zero-order valence-electron chi connectivity index (χ0n) is 11.2. The first-order valence-corrected chi connectivity index (χ1v) is 7.13. The van der Waals surface area contributed by atoms with E-state index in [1.54, 1.807) is 11.1 Å². The molecule has 21 heavy (non-hydrogen) atoms. The molecular formula is C14H14ClFN4O. The highest BCUT2D eigenvalue weighted by Crippen LogP contribution is 2.25. The van der Waals surface area contributed by atoms with Crippen LogP contribution in [0.15, 0.2) is 30.6 Å². The molecule has 1 aliphatic rings.